The Morgan fingerprint density at radius 3 is 1.89 bits per heavy atom. The van der Waals surface area contributed by atoms with Crippen LogP contribution in [0, 0.1) is 0 Å². The van der Waals surface area contributed by atoms with Gasteiger partial charge in [-0.1, -0.05) is 71.3 Å². The maximum Gasteiger partial charge on any atom is 0.145 e. The second-order valence-electron chi connectivity index (χ2n) is 5.26. The summed E-state index contributed by atoms with van der Waals surface area (Å²) in [6.07, 6.45) is 18.2. The lowest BCUT2D eigenvalue weighted by molar-refractivity contribution is -0.105. The number of rotatable bonds is 13. The highest BCUT2D eigenvalue weighted by Crippen LogP contribution is 2.12. The smallest absolute Gasteiger partial charge is 0.145 e. The molecule has 0 aliphatic heterocycles. The lowest BCUT2D eigenvalue weighted by atomic mass is 10.0. The van der Waals surface area contributed by atoms with Gasteiger partial charge in [-0.2, -0.15) is 0 Å². The van der Waals surface area contributed by atoms with Crippen LogP contribution in [-0.4, -0.2) is 6.29 Å². The lowest BCUT2D eigenvalue weighted by Gasteiger charge is -2.01. The van der Waals surface area contributed by atoms with Gasteiger partial charge in [0.15, 0.2) is 0 Å². The van der Waals surface area contributed by atoms with Crippen LogP contribution in [0.5, 0.6) is 0 Å². The normalized spacial score (nSPS) is 11.8. The fourth-order valence-corrected chi connectivity index (χ4v) is 2.18. The minimum absolute atomic E-state index is 0.988. The molecule has 18 heavy (non-hydrogen) atoms. The molecule has 0 unspecified atom stereocenters. The van der Waals surface area contributed by atoms with E-state index in [1.807, 2.05) is 0 Å². The average Bonchev–Trinajstić information content (AvgIpc) is 2.40. The Kier molecular flexibility index (Phi) is 14.0. The van der Waals surface area contributed by atoms with Crippen LogP contribution in [0.1, 0.15) is 90.9 Å². The molecule has 0 heterocycles. The highest BCUT2D eigenvalue weighted by molar-refractivity contribution is 5.72. The molecule has 0 N–H and O–H groups in total. The van der Waals surface area contributed by atoms with Gasteiger partial charge >= 0.3 is 0 Å². The molecule has 0 radical (unpaired) electrons. The van der Waals surface area contributed by atoms with Gasteiger partial charge in [-0.3, -0.25) is 4.79 Å². The summed E-state index contributed by atoms with van der Waals surface area (Å²) >= 11 is 0. The molecule has 1 nitrogen and oxygen atoms in total. The van der Waals surface area contributed by atoms with E-state index in [4.69, 9.17) is 0 Å². The molecule has 0 bridgehead atoms. The summed E-state index contributed by atoms with van der Waals surface area (Å²) in [7, 11) is 0. The lowest BCUT2D eigenvalue weighted by Crippen LogP contribution is -1.87. The third-order valence-corrected chi connectivity index (χ3v) is 3.43. The molecular formula is C17H32O. The van der Waals surface area contributed by atoms with Gasteiger partial charge in [-0.05, 0) is 31.3 Å². The van der Waals surface area contributed by atoms with Crippen LogP contribution in [0.4, 0.5) is 0 Å². The third-order valence-electron chi connectivity index (χ3n) is 3.43. The van der Waals surface area contributed by atoms with E-state index in [0.717, 1.165) is 24.7 Å². The maximum absolute atomic E-state index is 10.9. The monoisotopic (exact) mass is 252 g/mol. The first-order chi connectivity index (χ1) is 8.85. The van der Waals surface area contributed by atoms with E-state index in [-0.39, 0.29) is 0 Å². The van der Waals surface area contributed by atoms with Crippen LogP contribution in [0.2, 0.25) is 0 Å². The maximum atomic E-state index is 10.9. The fraction of sp³-hybridized carbons (Fsp3) is 0.824. The Balaban J connectivity index is 3.51. The highest BCUT2D eigenvalue weighted by atomic mass is 16.1. The summed E-state index contributed by atoms with van der Waals surface area (Å²) in [4.78, 5) is 10.9. The first-order valence-electron chi connectivity index (χ1n) is 7.99. The Bertz CT molecular complexity index is 206. The average molecular weight is 252 g/mol. The Morgan fingerprint density at radius 1 is 0.778 bits per heavy atom. The minimum Gasteiger partial charge on any atom is -0.298 e. The van der Waals surface area contributed by atoms with Crippen molar-refractivity contribution in [2.75, 3.05) is 0 Å². The van der Waals surface area contributed by atoms with E-state index in [1.165, 1.54) is 64.2 Å². The molecular weight excluding hydrogens is 220 g/mol. The van der Waals surface area contributed by atoms with Gasteiger partial charge < -0.3 is 0 Å². The van der Waals surface area contributed by atoms with Crippen LogP contribution in [0.15, 0.2) is 11.6 Å². The van der Waals surface area contributed by atoms with E-state index in [0.29, 0.717) is 0 Å². The number of carbonyl (C=O) groups is 1. The molecule has 0 rings (SSSR count). The molecule has 0 saturated heterocycles. The fourth-order valence-electron chi connectivity index (χ4n) is 2.18. The van der Waals surface area contributed by atoms with Crippen molar-refractivity contribution in [3.05, 3.63) is 11.6 Å². The number of hydrogen-bond donors (Lipinski definition) is 0. The second-order valence-corrected chi connectivity index (χ2v) is 5.26. The van der Waals surface area contributed by atoms with E-state index >= 15 is 0 Å². The number of hydrogen-bond acceptors (Lipinski definition) is 1. The van der Waals surface area contributed by atoms with Gasteiger partial charge in [0.2, 0.25) is 0 Å². The van der Waals surface area contributed by atoms with Crippen LogP contribution in [0.25, 0.3) is 0 Å². The highest BCUT2D eigenvalue weighted by Gasteiger charge is 1.96. The van der Waals surface area contributed by atoms with E-state index in [1.54, 1.807) is 0 Å². The number of carbonyl (C=O) groups excluding carboxylic acids is 1. The van der Waals surface area contributed by atoms with Gasteiger partial charge in [0.25, 0.3) is 0 Å². The molecule has 1 heteroatoms. The first kappa shape index (κ1) is 17.4. The van der Waals surface area contributed by atoms with Crippen molar-refractivity contribution < 1.29 is 4.79 Å². The molecule has 0 aromatic heterocycles. The predicted octanol–water partition coefficient (Wildman–Crippen LogP) is 5.83. The third kappa shape index (κ3) is 11.9. The molecule has 0 aromatic rings. The summed E-state index contributed by atoms with van der Waals surface area (Å²) in [6, 6.07) is 0. The SMILES string of the molecule is CCCCCCC/C=C(/C=O)CCCCCCC. The molecule has 0 aliphatic carbocycles. The van der Waals surface area contributed by atoms with Crippen LogP contribution >= 0.6 is 0 Å². The molecule has 0 aliphatic rings. The Labute approximate surface area is 114 Å². The summed E-state index contributed by atoms with van der Waals surface area (Å²) in [5.74, 6) is 0. The second kappa shape index (κ2) is 14.5. The molecule has 0 saturated carbocycles. The van der Waals surface area contributed by atoms with Crippen LogP contribution in [0.3, 0.4) is 0 Å². The topological polar surface area (TPSA) is 17.1 Å². The first-order valence-corrected chi connectivity index (χ1v) is 7.99. The summed E-state index contributed by atoms with van der Waals surface area (Å²) in [6.45, 7) is 4.47. The Hall–Kier alpha value is -0.590. The van der Waals surface area contributed by atoms with Crippen molar-refractivity contribution in [1.82, 2.24) is 0 Å². The van der Waals surface area contributed by atoms with Crippen molar-refractivity contribution in [3.8, 4) is 0 Å². The minimum atomic E-state index is 0.988. The van der Waals surface area contributed by atoms with Crippen molar-refractivity contribution in [3.63, 3.8) is 0 Å². The molecule has 0 fully saturated rings. The van der Waals surface area contributed by atoms with Crippen LogP contribution < -0.4 is 0 Å². The largest absolute Gasteiger partial charge is 0.298 e. The quantitative estimate of drug-likeness (QED) is 0.229. The summed E-state index contributed by atoms with van der Waals surface area (Å²) in [5.41, 5.74) is 1.03. The number of unbranched alkanes of at least 4 members (excludes halogenated alkanes) is 9. The van der Waals surface area contributed by atoms with Gasteiger partial charge in [0, 0.05) is 0 Å². The van der Waals surface area contributed by atoms with Gasteiger partial charge in [0.05, 0.1) is 0 Å². The van der Waals surface area contributed by atoms with Crippen LogP contribution in [-0.2, 0) is 4.79 Å². The Morgan fingerprint density at radius 2 is 1.33 bits per heavy atom. The van der Waals surface area contributed by atoms with Crippen molar-refractivity contribution in [1.29, 1.82) is 0 Å². The number of aldehydes is 1. The van der Waals surface area contributed by atoms with Gasteiger partial charge in [-0.25, -0.2) is 0 Å². The summed E-state index contributed by atoms with van der Waals surface area (Å²) < 4.78 is 0. The standard InChI is InChI=1S/C17H32O/c1-3-5-7-9-11-13-15-17(16-18)14-12-10-8-6-4-2/h15-16H,3-14H2,1-2H3/b17-15+. The van der Waals surface area contributed by atoms with Gasteiger partial charge in [-0.15, -0.1) is 0 Å². The molecule has 0 atom stereocenters. The summed E-state index contributed by atoms with van der Waals surface area (Å²) in [5, 5.41) is 0. The molecule has 0 amide bonds. The molecule has 0 spiro atoms. The zero-order chi connectivity index (χ0) is 13.5. The number of allylic oxidation sites excluding steroid dienone is 2. The van der Waals surface area contributed by atoms with Crippen molar-refractivity contribution >= 4 is 6.29 Å². The van der Waals surface area contributed by atoms with Crippen molar-refractivity contribution in [2.45, 2.75) is 90.9 Å². The zero-order valence-electron chi connectivity index (χ0n) is 12.5. The zero-order valence-corrected chi connectivity index (χ0v) is 12.5. The van der Waals surface area contributed by atoms with Gasteiger partial charge in [0.1, 0.15) is 6.29 Å². The van der Waals surface area contributed by atoms with E-state index in [2.05, 4.69) is 19.9 Å². The molecule has 0 aromatic carbocycles. The molecule has 106 valence electrons. The van der Waals surface area contributed by atoms with E-state index < -0.39 is 0 Å². The van der Waals surface area contributed by atoms with E-state index in [9.17, 15) is 4.79 Å². The predicted molar refractivity (Wildman–Crippen MR) is 80.9 cm³/mol. The van der Waals surface area contributed by atoms with Crippen molar-refractivity contribution in [2.24, 2.45) is 0 Å².